The summed E-state index contributed by atoms with van der Waals surface area (Å²) in [6.45, 7) is 34.8. The van der Waals surface area contributed by atoms with E-state index < -0.39 is 0 Å². The molecule has 0 amide bonds. The van der Waals surface area contributed by atoms with Gasteiger partial charge in [0.25, 0.3) is 6.71 Å². The summed E-state index contributed by atoms with van der Waals surface area (Å²) in [5.41, 5.74) is 23.4. The smallest absolute Gasteiger partial charge is 0.252 e. The van der Waals surface area contributed by atoms with Crippen LogP contribution in [0.5, 0.6) is 0 Å². The van der Waals surface area contributed by atoms with Gasteiger partial charge < -0.3 is 14.7 Å². The van der Waals surface area contributed by atoms with Crippen molar-refractivity contribution in [2.45, 2.75) is 131 Å². The molecule has 79 heavy (non-hydrogen) atoms. The third kappa shape index (κ3) is 9.26. The van der Waals surface area contributed by atoms with Crippen LogP contribution in [0.4, 0.5) is 51.2 Å². The lowest BCUT2D eigenvalue weighted by Gasteiger charge is -2.45. The van der Waals surface area contributed by atoms with Gasteiger partial charge in [0, 0.05) is 65.7 Å². The topological polar surface area (TPSA) is 9.72 Å². The Labute approximate surface area is 475 Å². The van der Waals surface area contributed by atoms with Gasteiger partial charge in [-0.3, -0.25) is 0 Å². The molecule has 0 unspecified atom stereocenters. The predicted octanol–water partition coefficient (Wildman–Crippen LogP) is 19.8. The molecular formula is C74H76BN3S. The highest BCUT2D eigenvalue weighted by atomic mass is 32.1. The monoisotopic (exact) mass is 1050 g/mol. The van der Waals surface area contributed by atoms with E-state index in [1.165, 1.54) is 104 Å². The fourth-order valence-electron chi connectivity index (χ4n) is 12.2. The highest BCUT2D eigenvalue weighted by Crippen LogP contribution is 2.53. The van der Waals surface area contributed by atoms with E-state index in [1.54, 1.807) is 0 Å². The Hall–Kier alpha value is -7.34. The first-order valence-electron chi connectivity index (χ1n) is 28.5. The second-order valence-corrected chi connectivity index (χ2v) is 28.7. The Bertz CT molecular complexity index is 3910. The van der Waals surface area contributed by atoms with Crippen molar-refractivity contribution < 1.29 is 0 Å². The number of benzene rings is 9. The average molecular weight is 1050 g/mol. The largest absolute Gasteiger partial charge is 0.311 e. The second kappa shape index (κ2) is 18.6. The number of hydrogen-bond donors (Lipinski definition) is 0. The van der Waals surface area contributed by atoms with E-state index in [9.17, 15) is 0 Å². The van der Waals surface area contributed by atoms with Crippen LogP contribution in [0.25, 0.3) is 31.3 Å². The van der Waals surface area contributed by atoms with Gasteiger partial charge in [0.2, 0.25) is 0 Å². The molecule has 1 aromatic heterocycles. The molecule has 0 saturated carbocycles. The minimum Gasteiger partial charge on any atom is -0.311 e. The standard InChI is InChI=1S/C74H76BN3S/c1-70(2,3)49-25-33-54(34-26-49)76(55-35-27-50(28-36-55)71(4,5)6)57-45-63(68-58-23-19-20-24-66(58)79-67(68)46-57)78-62-40-32-53(74(13,14)15)44-60(62)75-59-43-52(73(10,11)12)31-39-61(59)77(56-37-29-51(30-38-56)72(7,8)9)64-41-48(42-65(78)69(64)75)47-21-17-16-18-22-47/h16-46H,1-15H3. The van der Waals surface area contributed by atoms with E-state index in [1.807, 2.05) is 11.3 Å². The number of thiophene rings is 1. The van der Waals surface area contributed by atoms with Crippen LogP contribution in [0, 0.1) is 0 Å². The van der Waals surface area contributed by atoms with Gasteiger partial charge in [-0.25, -0.2) is 0 Å². The van der Waals surface area contributed by atoms with Gasteiger partial charge in [0.1, 0.15) is 0 Å². The van der Waals surface area contributed by atoms with Gasteiger partial charge in [0.05, 0.1) is 5.69 Å². The van der Waals surface area contributed by atoms with Crippen LogP contribution in [-0.2, 0) is 27.1 Å². The molecule has 10 aromatic rings. The molecule has 3 heterocycles. The van der Waals surface area contributed by atoms with Crippen molar-refractivity contribution in [3.63, 3.8) is 0 Å². The summed E-state index contributed by atoms with van der Waals surface area (Å²) in [5.74, 6) is 0. The van der Waals surface area contributed by atoms with Gasteiger partial charge in [-0.1, -0.05) is 213 Å². The van der Waals surface area contributed by atoms with E-state index >= 15 is 0 Å². The Balaban J connectivity index is 1.22. The molecule has 2 aliphatic heterocycles. The Morgan fingerprint density at radius 3 is 1.29 bits per heavy atom. The number of anilines is 9. The molecule has 0 aliphatic carbocycles. The van der Waals surface area contributed by atoms with Gasteiger partial charge in [-0.15, -0.1) is 11.3 Å². The van der Waals surface area contributed by atoms with Crippen molar-refractivity contribution in [3.8, 4) is 11.1 Å². The lowest BCUT2D eigenvalue weighted by Crippen LogP contribution is -2.61. The van der Waals surface area contributed by atoms with Gasteiger partial charge in [-0.2, -0.15) is 0 Å². The highest BCUT2D eigenvalue weighted by Gasteiger charge is 2.45. The summed E-state index contributed by atoms with van der Waals surface area (Å²) in [6.07, 6.45) is 0. The zero-order valence-electron chi connectivity index (χ0n) is 49.2. The van der Waals surface area contributed by atoms with Crippen LogP contribution in [0.1, 0.15) is 132 Å². The minimum atomic E-state index is -0.0892. The third-order valence-electron chi connectivity index (χ3n) is 16.8. The third-order valence-corrected chi connectivity index (χ3v) is 17.9. The molecule has 0 saturated heterocycles. The number of fused-ring (bicyclic) bond motifs is 7. The molecule has 0 spiro atoms. The lowest BCUT2D eigenvalue weighted by molar-refractivity contribution is 0.590. The molecule has 0 atom stereocenters. The normalized spacial score (nSPS) is 13.7. The molecule has 2 aliphatic rings. The van der Waals surface area contributed by atoms with Crippen LogP contribution >= 0.6 is 11.3 Å². The van der Waals surface area contributed by atoms with Gasteiger partial charge in [-0.05, 0) is 161 Å². The van der Waals surface area contributed by atoms with Crippen molar-refractivity contribution in [2.24, 2.45) is 0 Å². The zero-order valence-corrected chi connectivity index (χ0v) is 50.0. The van der Waals surface area contributed by atoms with Crippen molar-refractivity contribution in [3.05, 3.63) is 216 Å². The number of rotatable bonds is 6. The molecular weight excluding hydrogens is 974 g/mol. The van der Waals surface area contributed by atoms with E-state index in [0.29, 0.717) is 0 Å². The summed E-state index contributed by atoms with van der Waals surface area (Å²) in [4.78, 5) is 7.76. The molecule has 3 nitrogen and oxygen atoms in total. The van der Waals surface area contributed by atoms with E-state index in [2.05, 4.69) is 307 Å². The van der Waals surface area contributed by atoms with E-state index in [4.69, 9.17) is 0 Å². The summed E-state index contributed by atoms with van der Waals surface area (Å²) in [6, 6.07) is 72.9. The summed E-state index contributed by atoms with van der Waals surface area (Å²) < 4.78 is 2.53. The molecule has 0 N–H and O–H groups in total. The van der Waals surface area contributed by atoms with Crippen LogP contribution < -0.4 is 31.1 Å². The molecule has 396 valence electrons. The molecule has 0 radical (unpaired) electrons. The molecule has 12 rings (SSSR count). The first-order valence-corrected chi connectivity index (χ1v) is 29.3. The van der Waals surface area contributed by atoms with E-state index in [-0.39, 0.29) is 33.8 Å². The number of hydrogen-bond acceptors (Lipinski definition) is 4. The maximum Gasteiger partial charge on any atom is 0.252 e. The summed E-state index contributed by atoms with van der Waals surface area (Å²) >= 11 is 1.89. The Morgan fingerprint density at radius 2 is 0.785 bits per heavy atom. The second-order valence-electron chi connectivity index (χ2n) is 27.6. The first-order chi connectivity index (χ1) is 37.3. The number of nitrogens with zero attached hydrogens (tertiary/aromatic N) is 3. The maximum atomic E-state index is 2.68. The van der Waals surface area contributed by atoms with Crippen molar-refractivity contribution in [1.29, 1.82) is 0 Å². The van der Waals surface area contributed by atoms with Crippen LogP contribution in [0.15, 0.2) is 188 Å². The fraction of sp³-hybridized carbons (Fsp3) is 0.270. The van der Waals surface area contributed by atoms with E-state index in [0.717, 1.165) is 22.7 Å². The van der Waals surface area contributed by atoms with Crippen molar-refractivity contribution >= 4 is 106 Å². The van der Waals surface area contributed by atoms with Gasteiger partial charge >= 0.3 is 0 Å². The SMILES string of the molecule is CC(C)(C)c1ccc(N(c2ccc(C(C)(C)C)cc2)c2cc(N3c4ccc(C(C)(C)C)cc4B4c5cc(C(C)(C)C)ccc5N(c5ccc(C(C)(C)C)cc5)c5cc(-c6ccccc6)cc3c54)c3c(c2)sc2ccccc23)cc1. The average Bonchev–Trinajstić information content (AvgIpc) is 3.75. The van der Waals surface area contributed by atoms with Crippen LogP contribution in [0.3, 0.4) is 0 Å². The molecule has 0 bridgehead atoms. The quantitative estimate of drug-likeness (QED) is 0.154. The lowest BCUT2D eigenvalue weighted by atomic mass is 9.33. The van der Waals surface area contributed by atoms with Gasteiger partial charge in [0.15, 0.2) is 0 Å². The summed E-state index contributed by atoms with van der Waals surface area (Å²) in [7, 11) is 0. The first kappa shape index (κ1) is 52.4. The van der Waals surface area contributed by atoms with Crippen molar-refractivity contribution in [1.82, 2.24) is 0 Å². The Kier molecular flexibility index (Phi) is 12.4. The zero-order chi connectivity index (χ0) is 55.7. The minimum absolute atomic E-state index is 0.0133. The highest BCUT2D eigenvalue weighted by molar-refractivity contribution is 7.26. The fourth-order valence-corrected chi connectivity index (χ4v) is 13.3. The predicted molar refractivity (Wildman–Crippen MR) is 347 cm³/mol. The molecule has 5 heteroatoms. The van der Waals surface area contributed by atoms with Crippen LogP contribution in [0.2, 0.25) is 0 Å². The Morgan fingerprint density at radius 1 is 0.342 bits per heavy atom. The van der Waals surface area contributed by atoms with Crippen LogP contribution in [-0.4, -0.2) is 6.71 Å². The van der Waals surface area contributed by atoms with Crippen molar-refractivity contribution in [2.75, 3.05) is 14.7 Å². The molecule has 9 aromatic carbocycles. The maximum absolute atomic E-state index is 2.68. The summed E-state index contributed by atoms with van der Waals surface area (Å²) in [5, 5.41) is 2.53. The molecule has 0 fully saturated rings.